The van der Waals surface area contributed by atoms with Crippen molar-refractivity contribution in [3.05, 3.63) is 0 Å². The quantitative estimate of drug-likeness (QED) is 0.193. The maximum atomic E-state index is 12.3. The van der Waals surface area contributed by atoms with Gasteiger partial charge in [-0.25, -0.2) is 0 Å². The zero-order chi connectivity index (χ0) is 27.9. The molecule has 10 nitrogen and oxygen atoms in total. The van der Waals surface area contributed by atoms with E-state index in [0.29, 0.717) is 25.7 Å². The van der Waals surface area contributed by atoms with Crippen LogP contribution in [-0.4, -0.2) is 70.4 Å². The van der Waals surface area contributed by atoms with Crippen molar-refractivity contribution >= 4 is 35.4 Å². The first-order valence-corrected chi connectivity index (χ1v) is 14.6. The normalized spacial score (nSPS) is 18.6. The summed E-state index contributed by atoms with van der Waals surface area (Å²) >= 11 is 0. The van der Waals surface area contributed by atoms with E-state index in [-0.39, 0.29) is 61.4 Å². The second-order valence-electron chi connectivity index (χ2n) is 10.5. The Bertz CT molecular complexity index is 777. The first-order valence-electron chi connectivity index (χ1n) is 14.6. The highest BCUT2D eigenvalue weighted by Gasteiger charge is 2.42. The van der Waals surface area contributed by atoms with Crippen molar-refractivity contribution in [2.45, 2.75) is 129 Å². The average molecular weight is 535 g/mol. The number of rotatable bonds is 19. The fourth-order valence-electron chi connectivity index (χ4n) is 4.65. The molecule has 10 heteroatoms. The fraction of sp³-hybridized carbons (Fsp3) is 0.786. The first kappa shape index (κ1) is 31.4. The third-order valence-corrected chi connectivity index (χ3v) is 7.18. The van der Waals surface area contributed by atoms with Gasteiger partial charge in [0.15, 0.2) is 0 Å². The molecule has 0 spiro atoms. The molecule has 2 aliphatic rings. The molecule has 2 atom stereocenters. The highest BCUT2D eigenvalue weighted by molar-refractivity contribution is 6.05. The second kappa shape index (κ2) is 16.9. The van der Waals surface area contributed by atoms with Gasteiger partial charge in [0.1, 0.15) is 12.1 Å². The van der Waals surface area contributed by atoms with E-state index in [4.69, 9.17) is 0 Å². The number of β-lactam (4-membered cyclic amide) rings is 2. The van der Waals surface area contributed by atoms with Gasteiger partial charge in [-0.2, -0.15) is 0 Å². The molecule has 0 unspecified atom stereocenters. The third kappa shape index (κ3) is 10.2. The third-order valence-electron chi connectivity index (χ3n) is 7.18. The summed E-state index contributed by atoms with van der Waals surface area (Å²) in [5, 5.41) is 5.41. The SMILES string of the molecule is CCCCCCC(=O)N[C@H]1CN(C(=O)CCCCCCC(=O)N2C[C@H](NC(=O)CCCCCC)C2=O)C1=O. The molecule has 2 N–H and O–H groups in total. The maximum Gasteiger partial charge on any atom is 0.253 e. The summed E-state index contributed by atoms with van der Waals surface area (Å²) < 4.78 is 0. The molecule has 2 fully saturated rings. The summed E-state index contributed by atoms with van der Waals surface area (Å²) in [5.41, 5.74) is 0. The zero-order valence-electron chi connectivity index (χ0n) is 23.2. The Morgan fingerprint density at radius 1 is 0.579 bits per heavy atom. The predicted molar refractivity (Wildman–Crippen MR) is 143 cm³/mol. The monoisotopic (exact) mass is 534 g/mol. The van der Waals surface area contributed by atoms with Gasteiger partial charge in [-0.1, -0.05) is 65.2 Å². The molecule has 38 heavy (non-hydrogen) atoms. The van der Waals surface area contributed by atoms with E-state index in [1.165, 1.54) is 9.80 Å². The number of carbonyl (C=O) groups excluding carboxylic acids is 6. The van der Waals surface area contributed by atoms with Crippen LogP contribution in [0, 0.1) is 0 Å². The van der Waals surface area contributed by atoms with E-state index in [1.807, 2.05) is 0 Å². The predicted octanol–water partition coefficient (Wildman–Crippen LogP) is 2.98. The Morgan fingerprint density at radius 2 is 0.921 bits per heavy atom. The molecule has 2 saturated heterocycles. The smallest absolute Gasteiger partial charge is 0.253 e. The van der Waals surface area contributed by atoms with Crippen LogP contribution in [0.25, 0.3) is 0 Å². The van der Waals surface area contributed by atoms with Crippen LogP contribution in [0.1, 0.15) is 117 Å². The second-order valence-corrected chi connectivity index (χ2v) is 10.5. The van der Waals surface area contributed by atoms with Gasteiger partial charge in [0, 0.05) is 25.7 Å². The summed E-state index contributed by atoms with van der Waals surface area (Å²) in [6, 6.07) is -1.18. The van der Waals surface area contributed by atoms with Crippen LogP contribution in [-0.2, 0) is 28.8 Å². The minimum absolute atomic E-state index is 0.140. The van der Waals surface area contributed by atoms with Crippen LogP contribution in [0.15, 0.2) is 0 Å². The Morgan fingerprint density at radius 3 is 1.26 bits per heavy atom. The minimum Gasteiger partial charge on any atom is -0.343 e. The number of nitrogens with zero attached hydrogens (tertiary/aromatic N) is 2. The van der Waals surface area contributed by atoms with Crippen LogP contribution >= 0.6 is 0 Å². The van der Waals surface area contributed by atoms with Crippen LogP contribution in [0.5, 0.6) is 0 Å². The van der Waals surface area contributed by atoms with Gasteiger partial charge in [0.25, 0.3) is 11.8 Å². The number of nitrogens with one attached hydrogen (secondary N) is 2. The minimum atomic E-state index is -0.591. The average Bonchev–Trinajstić information content (AvgIpc) is 2.90. The fourth-order valence-corrected chi connectivity index (χ4v) is 4.65. The molecule has 214 valence electrons. The molecule has 0 aromatic heterocycles. The Balaban J connectivity index is 1.49. The largest absolute Gasteiger partial charge is 0.343 e. The van der Waals surface area contributed by atoms with Crippen LogP contribution in [0.2, 0.25) is 0 Å². The Kier molecular flexibility index (Phi) is 14.0. The molecule has 2 aliphatic heterocycles. The van der Waals surface area contributed by atoms with Crippen molar-refractivity contribution in [1.82, 2.24) is 20.4 Å². The van der Waals surface area contributed by atoms with Gasteiger partial charge >= 0.3 is 0 Å². The topological polar surface area (TPSA) is 133 Å². The summed E-state index contributed by atoms with van der Waals surface area (Å²) in [4.78, 5) is 75.2. The lowest BCUT2D eigenvalue weighted by Crippen LogP contribution is -2.65. The molecule has 0 radical (unpaired) electrons. The van der Waals surface area contributed by atoms with Crippen molar-refractivity contribution in [2.75, 3.05) is 13.1 Å². The van der Waals surface area contributed by atoms with E-state index in [2.05, 4.69) is 24.5 Å². The van der Waals surface area contributed by atoms with Crippen molar-refractivity contribution < 1.29 is 28.8 Å². The van der Waals surface area contributed by atoms with E-state index in [1.54, 1.807) is 0 Å². The highest BCUT2D eigenvalue weighted by atomic mass is 16.2. The summed E-state index contributed by atoms with van der Waals surface area (Å²) in [5.74, 6) is -1.42. The van der Waals surface area contributed by atoms with Crippen LogP contribution in [0.4, 0.5) is 0 Å². The number of amides is 6. The molecule has 0 bridgehead atoms. The van der Waals surface area contributed by atoms with Crippen LogP contribution < -0.4 is 10.6 Å². The molecule has 0 saturated carbocycles. The lowest BCUT2D eigenvalue weighted by molar-refractivity contribution is -0.158. The lowest BCUT2D eigenvalue weighted by atomic mass is 10.0. The number of imide groups is 2. The van der Waals surface area contributed by atoms with Crippen LogP contribution in [0.3, 0.4) is 0 Å². The number of hydrogen-bond donors (Lipinski definition) is 2. The van der Waals surface area contributed by atoms with Gasteiger partial charge in [0.2, 0.25) is 23.6 Å². The van der Waals surface area contributed by atoms with Gasteiger partial charge in [0.05, 0.1) is 13.1 Å². The van der Waals surface area contributed by atoms with Gasteiger partial charge < -0.3 is 10.6 Å². The molecular weight excluding hydrogens is 488 g/mol. The number of unbranched alkanes of at least 4 members (excludes halogenated alkanes) is 9. The Labute approximate surface area is 226 Å². The Hall–Kier alpha value is -2.78. The standard InChI is InChI=1S/C28H46N4O6/c1-3-5-7-11-15-23(33)29-21-19-31(27(21)37)25(35)17-13-9-10-14-18-26(36)32-20-22(28(32)38)30-24(34)16-12-8-6-4-2/h21-22H,3-20H2,1-2H3,(H,29,33)(H,30,34)/t21-,22-/m0/s1. The molecule has 6 amide bonds. The van der Waals surface area contributed by atoms with E-state index in [9.17, 15) is 28.8 Å². The lowest BCUT2D eigenvalue weighted by Gasteiger charge is -2.37. The number of likely N-dealkylation sites (tertiary alicyclic amines) is 2. The van der Waals surface area contributed by atoms with Gasteiger partial charge in [-0.05, 0) is 25.7 Å². The molecule has 0 aliphatic carbocycles. The van der Waals surface area contributed by atoms with Gasteiger partial charge in [-0.3, -0.25) is 38.6 Å². The summed E-state index contributed by atoms with van der Waals surface area (Å²) in [6.45, 7) is 4.67. The number of hydrogen-bond acceptors (Lipinski definition) is 6. The van der Waals surface area contributed by atoms with Crippen molar-refractivity contribution in [3.8, 4) is 0 Å². The van der Waals surface area contributed by atoms with E-state index >= 15 is 0 Å². The van der Waals surface area contributed by atoms with E-state index < -0.39 is 12.1 Å². The van der Waals surface area contributed by atoms with Gasteiger partial charge in [-0.15, -0.1) is 0 Å². The van der Waals surface area contributed by atoms with Crippen molar-refractivity contribution in [1.29, 1.82) is 0 Å². The molecule has 2 rings (SSSR count). The van der Waals surface area contributed by atoms with E-state index in [0.717, 1.165) is 64.2 Å². The zero-order valence-corrected chi connectivity index (χ0v) is 23.2. The molecule has 2 heterocycles. The molecule has 0 aromatic rings. The first-order chi connectivity index (χ1) is 18.3. The highest BCUT2D eigenvalue weighted by Crippen LogP contribution is 2.17. The summed E-state index contributed by atoms with van der Waals surface area (Å²) in [6.07, 6.45) is 12.0. The molecular formula is C28H46N4O6. The number of carbonyl (C=O) groups is 6. The molecule has 0 aromatic carbocycles. The van der Waals surface area contributed by atoms with Crippen molar-refractivity contribution in [2.24, 2.45) is 0 Å². The van der Waals surface area contributed by atoms with Crippen molar-refractivity contribution in [3.63, 3.8) is 0 Å². The maximum absolute atomic E-state index is 12.3. The summed E-state index contributed by atoms with van der Waals surface area (Å²) in [7, 11) is 0.